The smallest absolute Gasteiger partial charge is 0.204 e. The molecule has 0 unspecified atom stereocenters. The SMILES string of the molecule is CCc1cc2c([nH]1)N1CCNC[C@@H]1C1(CCCCC1)c1ccc(c(CO)c1)C[C@@H](CO)COc1c(OC)c(OCC[C@@H](O)/C=C/c3ccccc3)c3c(=O)cc(-c4ccc(O)cc4)oc3c1CCc1cccc-2c1. The van der Waals surface area contributed by atoms with Crippen molar-refractivity contribution >= 4 is 22.9 Å². The summed E-state index contributed by atoms with van der Waals surface area (Å²) in [5, 5.41) is 47.5. The zero-order chi connectivity index (χ0) is 51.2. The number of fused-ring (bicyclic) bond motifs is 7. The summed E-state index contributed by atoms with van der Waals surface area (Å²) in [7, 11) is 1.52. The van der Waals surface area contributed by atoms with Gasteiger partial charge in [0.25, 0.3) is 0 Å². The van der Waals surface area contributed by atoms with Gasteiger partial charge in [-0.2, -0.15) is 0 Å². The van der Waals surface area contributed by atoms with Gasteiger partial charge in [-0.25, -0.2) is 0 Å². The molecule has 0 amide bonds. The van der Waals surface area contributed by atoms with E-state index in [0.29, 0.717) is 36.1 Å². The van der Waals surface area contributed by atoms with Gasteiger partial charge >= 0.3 is 0 Å². The van der Waals surface area contributed by atoms with E-state index in [4.69, 9.17) is 18.6 Å². The standard InChI is InChI=1S/C62H69N3O9/c1-3-48-34-52-45-14-10-13-41(31-45)16-24-51-57-56(53(70)35-54(74-57)43-18-22-49(68)23-19-43)59(72-30-25-50(69)21-15-40-11-6-4-7-12-40)60(71-2)58(51)73-39-42(37-66)32-44-17-20-47(33-46(44)38-67)62(26-8-5-9-27-62)55-36-63-28-29-65(55)61(52)64-48/h4,6-7,10-15,17-23,31,33-35,42,50,55,63-64,66-69H,3,5,8-9,16,24-30,32,36-39H2,1-2H3/b21-15+/t42-,50-,55+/m0/s1. The molecular weight excluding hydrogens is 931 g/mol. The number of hydrogen-bond donors (Lipinski definition) is 6. The molecule has 1 saturated carbocycles. The lowest BCUT2D eigenvalue weighted by Crippen LogP contribution is -2.61. The van der Waals surface area contributed by atoms with Crippen molar-refractivity contribution in [3.05, 3.63) is 165 Å². The number of phenolic OH excluding ortho intramolecular Hbond substituents is 1. The average molecular weight is 1000 g/mol. The van der Waals surface area contributed by atoms with Crippen molar-refractivity contribution in [2.75, 3.05) is 51.5 Å². The number of aromatic hydroxyl groups is 1. The Balaban J connectivity index is 1.13. The first-order valence-electron chi connectivity index (χ1n) is 26.5. The first-order valence-corrected chi connectivity index (χ1v) is 26.5. The lowest BCUT2D eigenvalue weighted by Gasteiger charge is -2.51. The van der Waals surface area contributed by atoms with Crippen LogP contribution in [0.5, 0.6) is 23.0 Å². The third-order valence-corrected chi connectivity index (χ3v) is 15.7. The Morgan fingerprint density at radius 3 is 2.50 bits per heavy atom. The number of phenols is 1. The van der Waals surface area contributed by atoms with Crippen LogP contribution in [0.25, 0.3) is 39.5 Å². The molecule has 2 aromatic heterocycles. The molecule has 3 aliphatic heterocycles. The van der Waals surface area contributed by atoms with Crippen molar-refractivity contribution in [2.24, 2.45) is 5.92 Å². The summed E-state index contributed by atoms with van der Waals surface area (Å²) < 4.78 is 26.6. The molecule has 3 atom stereocenters. The minimum atomic E-state index is -0.852. The molecule has 4 aliphatic rings. The lowest BCUT2D eigenvalue weighted by molar-refractivity contribution is 0.156. The molecule has 1 spiro atoms. The Labute approximate surface area is 433 Å². The van der Waals surface area contributed by atoms with E-state index in [0.717, 1.165) is 90.9 Å². The lowest BCUT2D eigenvalue weighted by atomic mass is 9.63. The summed E-state index contributed by atoms with van der Waals surface area (Å²) in [6.07, 6.45) is 10.7. The summed E-state index contributed by atoms with van der Waals surface area (Å²) in [6, 6.07) is 35.4. The first-order chi connectivity index (χ1) is 36.2. The van der Waals surface area contributed by atoms with Gasteiger partial charge in [0.1, 0.15) is 28.3 Å². The number of anilines is 1. The summed E-state index contributed by atoms with van der Waals surface area (Å²) >= 11 is 0. The van der Waals surface area contributed by atoms with Gasteiger partial charge in [-0.05, 0) is 102 Å². The second kappa shape index (κ2) is 22.7. The molecule has 11 rings (SSSR count). The molecule has 1 aliphatic carbocycles. The number of aromatic nitrogens is 1. The predicted octanol–water partition coefficient (Wildman–Crippen LogP) is 10.1. The number of benzene rings is 5. The van der Waals surface area contributed by atoms with Crippen molar-refractivity contribution in [1.82, 2.24) is 10.3 Å². The van der Waals surface area contributed by atoms with Gasteiger partial charge in [0.05, 0.1) is 39.1 Å². The van der Waals surface area contributed by atoms with Gasteiger partial charge in [-0.3, -0.25) is 4.79 Å². The largest absolute Gasteiger partial charge is 0.508 e. The highest BCUT2D eigenvalue weighted by Gasteiger charge is 2.46. The molecule has 5 aromatic carbocycles. The fraction of sp³-hybridized carbons (Fsp3) is 0.371. The average Bonchev–Trinajstić information content (AvgIpc) is 3.88. The number of hydrogen-bond acceptors (Lipinski definition) is 11. The number of nitrogens with one attached hydrogen (secondary N) is 2. The minimum absolute atomic E-state index is 0.0204. The Morgan fingerprint density at radius 2 is 1.73 bits per heavy atom. The van der Waals surface area contributed by atoms with Gasteiger partial charge < -0.3 is 54.3 Å². The summed E-state index contributed by atoms with van der Waals surface area (Å²) in [5.74, 6) is 1.72. The van der Waals surface area contributed by atoms with Crippen molar-refractivity contribution in [3.8, 4) is 45.4 Å². The number of methoxy groups -OCH3 is 1. The summed E-state index contributed by atoms with van der Waals surface area (Å²) in [4.78, 5) is 21.2. The minimum Gasteiger partial charge on any atom is -0.508 e. The van der Waals surface area contributed by atoms with Crippen LogP contribution < -0.4 is 29.9 Å². The van der Waals surface area contributed by atoms with Crippen LogP contribution in [0, 0.1) is 5.92 Å². The van der Waals surface area contributed by atoms with Crippen molar-refractivity contribution in [3.63, 3.8) is 0 Å². The highest BCUT2D eigenvalue weighted by molar-refractivity contribution is 5.93. The van der Waals surface area contributed by atoms with Crippen molar-refractivity contribution in [2.45, 2.75) is 95.3 Å². The Hall–Kier alpha value is -6.83. The number of piperazine rings is 1. The van der Waals surface area contributed by atoms with Crippen molar-refractivity contribution < 1.29 is 39.1 Å². The molecule has 12 nitrogen and oxygen atoms in total. The molecule has 12 heteroatoms. The van der Waals surface area contributed by atoms with E-state index in [1.807, 2.05) is 36.4 Å². The predicted molar refractivity (Wildman–Crippen MR) is 292 cm³/mol. The van der Waals surface area contributed by atoms with E-state index in [-0.39, 0.29) is 83.7 Å². The van der Waals surface area contributed by atoms with Crippen LogP contribution in [0.2, 0.25) is 0 Å². The number of aliphatic hydroxyl groups is 3. The number of aromatic amines is 1. The fourth-order valence-electron chi connectivity index (χ4n) is 11.7. The topological polar surface area (TPSA) is 170 Å². The number of ether oxygens (including phenoxy) is 3. The van der Waals surface area contributed by atoms with Gasteiger partial charge in [0, 0.05) is 72.4 Å². The molecule has 2 fully saturated rings. The van der Waals surface area contributed by atoms with Gasteiger partial charge in [0.2, 0.25) is 5.75 Å². The van der Waals surface area contributed by atoms with E-state index in [2.05, 4.69) is 70.7 Å². The fourth-order valence-corrected chi connectivity index (χ4v) is 11.7. The number of H-pyrrole nitrogens is 1. The first kappa shape index (κ1) is 50.7. The maximum Gasteiger partial charge on any atom is 0.204 e. The Bertz CT molecular complexity index is 3140. The summed E-state index contributed by atoms with van der Waals surface area (Å²) in [5.41, 5.74) is 9.35. The molecule has 6 N–H and O–H groups in total. The van der Waals surface area contributed by atoms with E-state index >= 15 is 0 Å². The molecule has 7 aromatic rings. The third kappa shape index (κ3) is 10.5. The van der Waals surface area contributed by atoms with E-state index < -0.39 is 12.0 Å². The van der Waals surface area contributed by atoms with Crippen LogP contribution in [-0.4, -0.2) is 84.1 Å². The molecule has 74 heavy (non-hydrogen) atoms. The van der Waals surface area contributed by atoms with Crippen LogP contribution in [0.1, 0.15) is 84.5 Å². The quantitative estimate of drug-likeness (QED) is 0.0729. The maximum atomic E-state index is 14.7. The molecular formula is C62H69N3O9. The number of nitrogens with zero attached hydrogens (tertiary/aromatic N) is 1. The zero-order valence-corrected chi connectivity index (χ0v) is 42.6. The maximum absolute atomic E-state index is 14.7. The van der Waals surface area contributed by atoms with E-state index in [1.54, 1.807) is 30.3 Å². The second-order valence-electron chi connectivity index (χ2n) is 20.3. The van der Waals surface area contributed by atoms with Crippen LogP contribution >= 0.6 is 0 Å². The summed E-state index contributed by atoms with van der Waals surface area (Å²) in [6.45, 7) is 4.45. The van der Waals surface area contributed by atoms with Gasteiger partial charge in [-0.15, -0.1) is 0 Å². The van der Waals surface area contributed by atoms with E-state index in [1.165, 1.54) is 30.9 Å². The van der Waals surface area contributed by atoms with Crippen molar-refractivity contribution in [1.29, 1.82) is 0 Å². The van der Waals surface area contributed by atoms with Crippen LogP contribution in [0.3, 0.4) is 0 Å². The molecule has 0 radical (unpaired) electrons. The number of aliphatic hydroxyl groups excluding tert-OH is 3. The molecule has 386 valence electrons. The second-order valence-corrected chi connectivity index (χ2v) is 20.3. The van der Waals surface area contributed by atoms with Gasteiger partial charge in [0.15, 0.2) is 16.9 Å². The highest BCUT2D eigenvalue weighted by Crippen LogP contribution is 2.50. The number of aryl methyl sites for hydroxylation is 3. The van der Waals surface area contributed by atoms with E-state index in [9.17, 15) is 25.2 Å². The zero-order valence-electron chi connectivity index (χ0n) is 42.6. The number of rotatable bonds is 11. The normalized spacial score (nSPS) is 18.4. The highest BCUT2D eigenvalue weighted by atomic mass is 16.5. The third-order valence-electron chi connectivity index (χ3n) is 15.7. The Kier molecular flexibility index (Phi) is 15.6. The monoisotopic (exact) mass is 1000 g/mol. The van der Waals surface area contributed by atoms with Crippen LogP contribution in [0.15, 0.2) is 124 Å². The molecule has 5 heterocycles. The van der Waals surface area contributed by atoms with Crippen LogP contribution in [0.4, 0.5) is 5.82 Å². The van der Waals surface area contributed by atoms with Crippen LogP contribution in [-0.2, 0) is 37.7 Å². The Morgan fingerprint density at radius 1 is 0.905 bits per heavy atom. The molecule has 4 bridgehead atoms. The van der Waals surface area contributed by atoms with Gasteiger partial charge in [-0.1, -0.05) is 111 Å². The molecule has 1 saturated heterocycles.